The van der Waals surface area contributed by atoms with E-state index in [2.05, 4.69) is 20.6 Å². The monoisotopic (exact) mass is 436 g/mol. The van der Waals surface area contributed by atoms with E-state index in [9.17, 15) is 24.3 Å². The third-order valence-corrected chi connectivity index (χ3v) is 5.73. The molecule has 11 heteroatoms. The minimum Gasteiger partial charge on any atom is -0.480 e. The van der Waals surface area contributed by atoms with Gasteiger partial charge in [0.2, 0.25) is 17.7 Å². The highest BCUT2D eigenvalue weighted by Crippen LogP contribution is 2.20. The molecule has 31 heavy (non-hydrogen) atoms. The maximum atomic E-state index is 12.8. The van der Waals surface area contributed by atoms with E-state index in [1.165, 1.54) is 24.3 Å². The highest BCUT2D eigenvalue weighted by molar-refractivity contribution is 5.94. The molecule has 0 spiro atoms. The maximum absolute atomic E-state index is 12.8. The average molecular weight is 437 g/mol. The van der Waals surface area contributed by atoms with Crippen molar-refractivity contribution in [2.75, 3.05) is 6.54 Å². The van der Waals surface area contributed by atoms with Crippen LogP contribution in [0.5, 0.6) is 0 Å². The topological polar surface area (TPSA) is 171 Å². The molecular formula is C20H32N6O5. The lowest BCUT2D eigenvalue weighted by Gasteiger charge is -2.29. The van der Waals surface area contributed by atoms with Gasteiger partial charge in [-0.2, -0.15) is 0 Å². The van der Waals surface area contributed by atoms with Crippen molar-refractivity contribution in [1.82, 2.24) is 25.5 Å². The van der Waals surface area contributed by atoms with Crippen molar-refractivity contribution in [3.63, 3.8) is 0 Å². The van der Waals surface area contributed by atoms with Crippen LogP contribution in [0.15, 0.2) is 12.5 Å². The van der Waals surface area contributed by atoms with Gasteiger partial charge in [0.1, 0.15) is 18.1 Å². The largest absolute Gasteiger partial charge is 0.480 e. The number of carbonyl (C=O) groups is 4. The number of aromatic amines is 1. The van der Waals surface area contributed by atoms with Gasteiger partial charge in [-0.05, 0) is 25.7 Å². The Bertz CT molecular complexity index is 783. The summed E-state index contributed by atoms with van der Waals surface area (Å²) >= 11 is 0. The van der Waals surface area contributed by atoms with Crippen molar-refractivity contribution < 1.29 is 24.3 Å². The predicted molar refractivity (Wildman–Crippen MR) is 112 cm³/mol. The van der Waals surface area contributed by atoms with Crippen LogP contribution in [0.1, 0.15) is 45.7 Å². The predicted octanol–water partition coefficient (Wildman–Crippen LogP) is -0.609. The zero-order valence-corrected chi connectivity index (χ0v) is 18.1. The second kappa shape index (κ2) is 10.9. The molecule has 1 aromatic heterocycles. The zero-order chi connectivity index (χ0) is 23.1. The van der Waals surface area contributed by atoms with E-state index >= 15 is 0 Å². The Morgan fingerprint density at radius 2 is 2.03 bits per heavy atom. The Hall–Kier alpha value is -2.95. The lowest BCUT2D eigenvalue weighted by Crippen LogP contribution is -2.56. The highest BCUT2D eigenvalue weighted by Gasteiger charge is 2.38. The van der Waals surface area contributed by atoms with Crippen LogP contribution < -0.4 is 16.4 Å². The van der Waals surface area contributed by atoms with Crippen LogP contribution in [-0.4, -0.2) is 74.4 Å². The van der Waals surface area contributed by atoms with E-state index in [1.807, 2.05) is 13.8 Å². The Kier molecular flexibility index (Phi) is 8.55. The molecule has 1 aliphatic rings. The number of hydrogen-bond donors (Lipinski definition) is 5. The van der Waals surface area contributed by atoms with Gasteiger partial charge in [0.15, 0.2) is 0 Å². The minimum absolute atomic E-state index is 0.00987. The summed E-state index contributed by atoms with van der Waals surface area (Å²) in [7, 11) is 0. The summed E-state index contributed by atoms with van der Waals surface area (Å²) in [4.78, 5) is 57.5. The number of carboxylic acid groups (broad SMARTS) is 1. The van der Waals surface area contributed by atoms with Crippen molar-refractivity contribution in [1.29, 1.82) is 0 Å². The van der Waals surface area contributed by atoms with E-state index in [0.29, 0.717) is 25.1 Å². The molecule has 1 saturated heterocycles. The number of nitrogens with two attached hydrogens (primary N) is 1. The molecule has 5 atom stereocenters. The van der Waals surface area contributed by atoms with Gasteiger partial charge < -0.3 is 31.4 Å². The average Bonchev–Trinajstić information content (AvgIpc) is 3.43. The van der Waals surface area contributed by atoms with Crippen molar-refractivity contribution in [3.05, 3.63) is 18.2 Å². The fourth-order valence-electron chi connectivity index (χ4n) is 3.48. The SMILES string of the molecule is CCC(C)C(N)C(=O)N1CCCC1C(=O)NC(C)C(=O)NC(Cc1cnc[nH]1)C(=O)O. The molecule has 0 bridgehead atoms. The molecule has 3 amide bonds. The molecule has 1 aromatic rings. The standard InChI is InChI=1S/C20H32N6O5/c1-4-11(2)16(21)19(29)26-7-5-6-15(26)18(28)24-12(3)17(27)25-14(20(30)31)8-13-9-22-10-23-13/h9-12,14-16H,4-8,21H2,1-3H3,(H,22,23)(H,24,28)(H,25,27)(H,30,31). The molecule has 0 aromatic carbocycles. The summed E-state index contributed by atoms with van der Waals surface area (Å²) < 4.78 is 0. The van der Waals surface area contributed by atoms with Gasteiger partial charge in [0.05, 0.1) is 12.4 Å². The van der Waals surface area contributed by atoms with E-state index in [0.717, 1.165) is 6.42 Å². The first-order chi connectivity index (χ1) is 14.6. The first kappa shape index (κ1) is 24.3. The first-order valence-corrected chi connectivity index (χ1v) is 10.5. The Morgan fingerprint density at radius 1 is 1.32 bits per heavy atom. The van der Waals surface area contributed by atoms with Crippen LogP contribution in [0, 0.1) is 5.92 Å². The third-order valence-electron chi connectivity index (χ3n) is 5.73. The van der Waals surface area contributed by atoms with E-state index in [1.54, 1.807) is 0 Å². The number of rotatable bonds is 10. The smallest absolute Gasteiger partial charge is 0.326 e. The number of hydrogen-bond acceptors (Lipinski definition) is 6. The van der Waals surface area contributed by atoms with E-state index in [-0.39, 0.29) is 18.2 Å². The number of aliphatic carboxylic acids is 1. The number of imidazole rings is 1. The van der Waals surface area contributed by atoms with Crippen molar-refractivity contribution in [2.45, 2.75) is 70.6 Å². The molecule has 172 valence electrons. The molecule has 11 nitrogen and oxygen atoms in total. The molecule has 0 radical (unpaired) electrons. The second-order valence-electron chi connectivity index (χ2n) is 8.01. The summed E-state index contributed by atoms with van der Waals surface area (Å²) in [6, 6.07) is -3.53. The number of nitrogens with zero attached hydrogens (tertiary/aromatic N) is 2. The molecule has 6 N–H and O–H groups in total. The molecule has 2 rings (SSSR count). The molecule has 0 saturated carbocycles. The first-order valence-electron chi connectivity index (χ1n) is 10.5. The fourth-order valence-corrected chi connectivity index (χ4v) is 3.48. The number of aromatic nitrogens is 2. The number of amides is 3. The summed E-state index contributed by atoms with van der Waals surface area (Å²) in [5, 5.41) is 14.4. The summed E-state index contributed by atoms with van der Waals surface area (Å²) in [5.74, 6) is -2.57. The third kappa shape index (κ3) is 6.27. The van der Waals surface area contributed by atoms with Crippen LogP contribution >= 0.6 is 0 Å². The van der Waals surface area contributed by atoms with Crippen LogP contribution in [-0.2, 0) is 25.6 Å². The molecule has 2 heterocycles. The summed E-state index contributed by atoms with van der Waals surface area (Å²) in [5.41, 5.74) is 6.61. The van der Waals surface area contributed by atoms with Crippen molar-refractivity contribution in [3.8, 4) is 0 Å². The second-order valence-corrected chi connectivity index (χ2v) is 8.01. The fraction of sp³-hybridized carbons (Fsp3) is 0.650. The minimum atomic E-state index is -1.20. The van der Waals surface area contributed by atoms with Gasteiger partial charge in [-0.3, -0.25) is 14.4 Å². The van der Waals surface area contributed by atoms with Crippen LogP contribution in [0.2, 0.25) is 0 Å². The van der Waals surface area contributed by atoms with Gasteiger partial charge in [-0.1, -0.05) is 20.3 Å². The number of carboxylic acids is 1. The van der Waals surface area contributed by atoms with Crippen LogP contribution in [0.4, 0.5) is 0 Å². The van der Waals surface area contributed by atoms with Gasteiger partial charge in [-0.15, -0.1) is 0 Å². The quantitative estimate of drug-likeness (QED) is 0.326. The molecule has 1 aliphatic heterocycles. The number of carbonyl (C=O) groups excluding carboxylic acids is 3. The Labute approximate surface area is 181 Å². The molecule has 0 aliphatic carbocycles. The molecule has 1 fully saturated rings. The van der Waals surface area contributed by atoms with Crippen LogP contribution in [0.25, 0.3) is 0 Å². The number of likely N-dealkylation sites (tertiary alicyclic amines) is 1. The number of H-pyrrole nitrogens is 1. The number of nitrogens with one attached hydrogen (secondary N) is 3. The van der Waals surface area contributed by atoms with Crippen molar-refractivity contribution >= 4 is 23.7 Å². The molecule has 5 unspecified atom stereocenters. The van der Waals surface area contributed by atoms with Crippen LogP contribution in [0.3, 0.4) is 0 Å². The zero-order valence-electron chi connectivity index (χ0n) is 18.1. The van der Waals surface area contributed by atoms with Gasteiger partial charge >= 0.3 is 5.97 Å². The van der Waals surface area contributed by atoms with Gasteiger partial charge in [0.25, 0.3) is 0 Å². The summed E-state index contributed by atoms with van der Waals surface area (Å²) in [6.45, 7) is 5.74. The van der Waals surface area contributed by atoms with E-state index < -0.39 is 42.0 Å². The van der Waals surface area contributed by atoms with Gasteiger partial charge in [0, 0.05) is 24.9 Å². The maximum Gasteiger partial charge on any atom is 0.326 e. The molecular weight excluding hydrogens is 404 g/mol. The van der Waals surface area contributed by atoms with E-state index in [4.69, 9.17) is 5.73 Å². The van der Waals surface area contributed by atoms with Gasteiger partial charge in [-0.25, -0.2) is 9.78 Å². The normalized spacial score (nSPS) is 19.9. The highest BCUT2D eigenvalue weighted by atomic mass is 16.4. The van der Waals surface area contributed by atoms with Crippen molar-refractivity contribution in [2.24, 2.45) is 11.7 Å². The Morgan fingerprint density at radius 3 is 2.61 bits per heavy atom. The Balaban J connectivity index is 1.95. The lowest BCUT2D eigenvalue weighted by molar-refractivity contribution is -0.143. The summed E-state index contributed by atoms with van der Waals surface area (Å²) in [6.07, 6.45) is 4.82. The lowest BCUT2D eigenvalue weighted by atomic mass is 9.98.